The zero-order chi connectivity index (χ0) is 15.3. The Balaban J connectivity index is 1.92. The summed E-state index contributed by atoms with van der Waals surface area (Å²) in [6, 6.07) is 8.68. The van der Waals surface area contributed by atoms with Gasteiger partial charge < -0.3 is 15.0 Å². The quantitative estimate of drug-likeness (QED) is 0.837. The van der Waals surface area contributed by atoms with E-state index < -0.39 is 5.54 Å². The number of nitrogens with one attached hydrogen (secondary N) is 1. The van der Waals surface area contributed by atoms with Crippen molar-refractivity contribution in [1.82, 2.24) is 10.2 Å². The maximum absolute atomic E-state index is 11.9. The van der Waals surface area contributed by atoms with E-state index in [9.17, 15) is 4.79 Å². The first-order valence-corrected chi connectivity index (χ1v) is 7.65. The molecule has 2 rings (SSSR count). The Hall–Kier alpha value is -1.39. The zero-order valence-corrected chi connectivity index (χ0v) is 13.3. The van der Waals surface area contributed by atoms with Crippen molar-refractivity contribution in [3.63, 3.8) is 0 Å². The van der Waals surface area contributed by atoms with Gasteiger partial charge in [-0.05, 0) is 44.4 Å². The number of fused-ring (bicyclic) bond motifs is 1. The van der Waals surface area contributed by atoms with Gasteiger partial charge in [-0.25, -0.2) is 0 Å². The molecule has 0 saturated heterocycles. The smallest absolute Gasteiger partial charge is 0.325 e. The predicted octanol–water partition coefficient (Wildman–Crippen LogP) is 1.63. The third-order valence-corrected chi connectivity index (χ3v) is 4.63. The van der Waals surface area contributed by atoms with Crippen molar-refractivity contribution in [2.45, 2.75) is 31.7 Å². The molecule has 0 aliphatic carbocycles. The van der Waals surface area contributed by atoms with Crippen molar-refractivity contribution >= 4 is 5.97 Å². The van der Waals surface area contributed by atoms with Gasteiger partial charge in [-0.1, -0.05) is 24.3 Å². The molecule has 0 aromatic heterocycles. The van der Waals surface area contributed by atoms with Crippen LogP contribution in [0.2, 0.25) is 0 Å². The Labute approximate surface area is 127 Å². The van der Waals surface area contributed by atoms with Crippen LogP contribution in [-0.2, 0) is 22.4 Å². The molecule has 0 bridgehead atoms. The van der Waals surface area contributed by atoms with Crippen LogP contribution < -0.4 is 5.32 Å². The van der Waals surface area contributed by atoms with E-state index in [0.717, 1.165) is 38.9 Å². The summed E-state index contributed by atoms with van der Waals surface area (Å²) >= 11 is 0. The lowest BCUT2D eigenvalue weighted by Gasteiger charge is -2.29. The van der Waals surface area contributed by atoms with Gasteiger partial charge in [0.05, 0.1) is 7.11 Å². The molecule has 0 saturated carbocycles. The summed E-state index contributed by atoms with van der Waals surface area (Å²) in [5.41, 5.74) is 2.32. The van der Waals surface area contributed by atoms with Crippen LogP contribution in [0, 0.1) is 0 Å². The van der Waals surface area contributed by atoms with Crippen LogP contribution in [-0.4, -0.2) is 50.2 Å². The molecule has 1 aliphatic heterocycles. The highest BCUT2D eigenvalue weighted by Crippen LogP contribution is 2.17. The van der Waals surface area contributed by atoms with Crippen LogP contribution in [0.15, 0.2) is 24.3 Å². The zero-order valence-electron chi connectivity index (χ0n) is 13.3. The Kier molecular flexibility index (Phi) is 5.37. The number of hydrogen-bond donors (Lipinski definition) is 1. The molecule has 0 amide bonds. The van der Waals surface area contributed by atoms with Crippen molar-refractivity contribution in [3.05, 3.63) is 35.4 Å². The van der Waals surface area contributed by atoms with Gasteiger partial charge in [0.25, 0.3) is 0 Å². The highest BCUT2D eigenvalue weighted by atomic mass is 16.5. The lowest BCUT2D eigenvalue weighted by Crippen LogP contribution is -2.50. The van der Waals surface area contributed by atoms with Crippen LogP contribution in [0.4, 0.5) is 0 Å². The first-order valence-electron chi connectivity index (χ1n) is 7.65. The third-order valence-electron chi connectivity index (χ3n) is 4.63. The van der Waals surface area contributed by atoms with Gasteiger partial charge in [-0.2, -0.15) is 0 Å². The molecule has 1 unspecified atom stereocenters. The molecular formula is C17H26N2O2. The van der Waals surface area contributed by atoms with E-state index in [0.29, 0.717) is 0 Å². The van der Waals surface area contributed by atoms with Crippen LogP contribution >= 0.6 is 0 Å². The van der Waals surface area contributed by atoms with Crippen molar-refractivity contribution in [3.8, 4) is 0 Å². The molecule has 21 heavy (non-hydrogen) atoms. The van der Waals surface area contributed by atoms with E-state index in [4.69, 9.17) is 4.74 Å². The van der Waals surface area contributed by atoms with E-state index in [-0.39, 0.29) is 5.97 Å². The van der Waals surface area contributed by atoms with Gasteiger partial charge >= 0.3 is 5.97 Å². The highest BCUT2D eigenvalue weighted by Gasteiger charge is 2.32. The molecule has 0 spiro atoms. The molecule has 0 fully saturated rings. The van der Waals surface area contributed by atoms with E-state index >= 15 is 0 Å². The molecule has 1 N–H and O–H groups in total. The fourth-order valence-electron chi connectivity index (χ4n) is 2.87. The Morgan fingerprint density at radius 3 is 2.33 bits per heavy atom. The number of carbonyl (C=O) groups is 1. The Morgan fingerprint density at radius 2 is 1.86 bits per heavy atom. The van der Waals surface area contributed by atoms with E-state index in [2.05, 4.69) is 34.5 Å². The lowest BCUT2D eigenvalue weighted by atomic mass is 9.98. The van der Waals surface area contributed by atoms with Gasteiger partial charge in [0.15, 0.2) is 0 Å². The molecule has 1 aromatic rings. The van der Waals surface area contributed by atoms with Crippen LogP contribution in [0.25, 0.3) is 0 Å². The average Bonchev–Trinajstić information content (AvgIpc) is 2.74. The molecule has 1 aliphatic rings. The minimum atomic E-state index is -0.603. The number of esters is 1. The lowest BCUT2D eigenvalue weighted by molar-refractivity contribution is -0.148. The third kappa shape index (κ3) is 3.83. The van der Waals surface area contributed by atoms with E-state index in [1.54, 1.807) is 0 Å². The maximum atomic E-state index is 11.9. The second-order valence-electron chi connectivity index (χ2n) is 5.93. The normalized spacial score (nSPS) is 18.4. The van der Waals surface area contributed by atoms with Gasteiger partial charge in [0.1, 0.15) is 5.54 Å². The first kappa shape index (κ1) is 16.0. The minimum Gasteiger partial charge on any atom is -0.468 e. The van der Waals surface area contributed by atoms with Crippen molar-refractivity contribution in [2.24, 2.45) is 0 Å². The molecule has 4 heteroatoms. The summed E-state index contributed by atoms with van der Waals surface area (Å²) in [6.07, 6.45) is 2.93. The standard InChI is InChI=1S/C17H26N2O2/c1-17(18-2,16(20)21-3)10-13-19-11-8-14-6-4-5-7-15(14)9-12-19/h4-7,18H,8-13H2,1-3H3. The number of likely N-dealkylation sites (N-methyl/N-ethyl adjacent to an activating group) is 1. The van der Waals surface area contributed by atoms with Crippen LogP contribution in [0.5, 0.6) is 0 Å². The monoisotopic (exact) mass is 290 g/mol. The number of nitrogens with zero attached hydrogens (tertiary/aromatic N) is 1. The van der Waals surface area contributed by atoms with Crippen LogP contribution in [0.3, 0.4) is 0 Å². The summed E-state index contributed by atoms with van der Waals surface area (Å²) in [7, 11) is 3.26. The topological polar surface area (TPSA) is 41.6 Å². The second-order valence-corrected chi connectivity index (χ2v) is 5.93. The summed E-state index contributed by atoms with van der Waals surface area (Å²) in [4.78, 5) is 14.3. The number of methoxy groups -OCH3 is 1. The van der Waals surface area contributed by atoms with Gasteiger partial charge in [0, 0.05) is 19.6 Å². The number of rotatable bonds is 5. The number of carbonyl (C=O) groups excluding carboxylic acids is 1. The molecule has 1 heterocycles. The SMILES string of the molecule is CNC(C)(CCN1CCc2ccccc2CC1)C(=O)OC. The molecule has 4 nitrogen and oxygen atoms in total. The maximum Gasteiger partial charge on any atom is 0.325 e. The first-order chi connectivity index (χ1) is 10.1. The van der Waals surface area contributed by atoms with Gasteiger partial charge in [0.2, 0.25) is 0 Å². The average molecular weight is 290 g/mol. The molecule has 1 atom stereocenters. The van der Waals surface area contributed by atoms with Crippen molar-refractivity contribution in [1.29, 1.82) is 0 Å². The van der Waals surface area contributed by atoms with E-state index in [1.807, 2.05) is 14.0 Å². The summed E-state index contributed by atoms with van der Waals surface area (Å²) in [5.74, 6) is -0.192. The number of hydrogen-bond acceptors (Lipinski definition) is 4. The van der Waals surface area contributed by atoms with E-state index in [1.165, 1.54) is 18.2 Å². The molecular weight excluding hydrogens is 264 g/mol. The number of benzene rings is 1. The number of ether oxygens (including phenoxy) is 1. The molecule has 116 valence electrons. The highest BCUT2D eigenvalue weighted by molar-refractivity contribution is 5.80. The summed E-state index contributed by atoms with van der Waals surface area (Å²) < 4.78 is 4.90. The predicted molar refractivity (Wildman–Crippen MR) is 84.4 cm³/mol. The van der Waals surface area contributed by atoms with Crippen LogP contribution in [0.1, 0.15) is 24.5 Å². The minimum absolute atomic E-state index is 0.192. The van der Waals surface area contributed by atoms with Crippen molar-refractivity contribution < 1.29 is 9.53 Å². The van der Waals surface area contributed by atoms with Crippen molar-refractivity contribution in [2.75, 3.05) is 33.8 Å². The Morgan fingerprint density at radius 1 is 1.29 bits per heavy atom. The summed E-state index contributed by atoms with van der Waals surface area (Å²) in [5, 5.41) is 3.10. The summed E-state index contributed by atoms with van der Waals surface area (Å²) in [6.45, 7) is 4.92. The Bertz CT molecular complexity index is 462. The van der Waals surface area contributed by atoms with Gasteiger partial charge in [-0.15, -0.1) is 0 Å². The molecule has 1 aromatic carbocycles. The van der Waals surface area contributed by atoms with Gasteiger partial charge in [-0.3, -0.25) is 4.79 Å². The fourth-order valence-corrected chi connectivity index (χ4v) is 2.87. The second kappa shape index (κ2) is 7.05. The largest absolute Gasteiger partial charge is 0.468 e. The molecule has 0 radical (unpaired) electrons. The fraction of sp³-hybridized carbons (Fsp3) is 0.588.